The van der Waals surface area contributed by atoms with Gasteiger partial charge in [-0.3, -0.25) is 0 Å². The van der Waals surface area contributed by atoms with E-state index in [-0.39, 0.29) is 11.5 Å². The van der Waals surface area contributed by atoms with Gasteiger partial charge in [0.15, 0.2) is 0 Å². The van der Waals surface area contributed by atoms with Crippen LogP contribution in [0.5, 0.6) is 0 Å². The minimum atomic E-state index is -0.193. The SMILES string of the molecule is CCNC1CC(CC(O)C(C)(C)C)CN(CC)C1. The first-order valence-electron chi connectivity index (χ1n) is 7.50. The average Bonchev–Trinajstić information content (AvgIpc) is 2.27. The Balaban J connectivity index is 2.53. The topological polar surface area (TPSA) is 35.5 Å². The van der Waals surface area contributed by atoms with Crippen molar-refractivity contribution in [1.82, 2.24) is 10.2 Å². The molecule has 0 radical (unpaired) electrons. The average molecular weight is 256 g/mol. The van der Waals surface area contributed by atoms with Crippen molar-refractivity contribution in [2.24, 2.45) is 11.3 Å². The van der Waals surface area contributed by atoms with E-state index >= 15 is 0 Å². The summed E-state index contributed by atoms with van der Waals surface area (Å²) < 4.78 is 0. The van der Waals surface area contributed by atoms with Crippen LogP contribution in [0.4, 0.5) is 0 Å². The van der Waals surface area contributed by atoms with Crippen LogP contribution in [0, 0.1) is 11.3 Å². The van der Waals surface area contributed by atoms with Gasteiger partial charge in [0.1, 0.15) is 0 Å². The number of likely N-dealkylation sites (tertiary alicyclic amines) is 1. The summed E-state index contributed by atoms with van der Waals surface area (Å²) >= 11 is 0. The van der Waals surface area contributed by atoms with E-state index in [4.69, 9.17) is 0 Å². The quantitative estimate of drug-likeness (QED) is 0.791. The number of aliphatic hydroxyl groups is 1. The number of rotatable bonds is 5. The minimum absolute atomic E-state index is 0.00216. The van der Waals surface area contributed by atoms with E-state index in [1.54, 1.807) is 0 Å². The van der Waals surface area contributed by atoms with Gasteiger partial charge < -0.3 is 15.3 Å². The van der Waals surface area contributed by atoms with E-state index in [0.29, 0.717) is 12.0 Å². The Morgan fingerprint density at radius 3 is 2.44 bits per heavy atom. The largest absolute Gasteiger partial charge is 0.393 e. The molecule has 3 unspecified atom stereocenters. The van der Waals surface area contributed by atoms with E-state index in [2.05, 4.69) is 44.8 Å². The van der Waals surface area contributed by atoms with Crippen LogP contribution >= 0.6 is 0 Å². The molecule has 0 bridgehead atoms. The molecule has 1 heterocycles. The third-order valence-electron chi connectivity index (χ3n) is 4.11. The molecule has 0 saturated carbocycles. The van der Waals surface area contributed by atoms with Crippen molar-refractivity contribution in [2.75, 3.05) is 26.2 Å². The fourth-order valence-electron chi connectivity index (χ4n) is 2.84. The summed E-state index contributed by atoms with van der Waals surface area (Å²) in [5.74, 6) is 0.622. The van der Waals surface area contributed by atoms with Crippen LogP contribution in [-0.2, 0) is 0 Å². The number of aliphatic hydroxyl groups excluding tert-OH is 1. The fraction of sp³-hybridized carbons (Fsp3) is 1.00. The molecule has 1 rings (SSSR count). The lowest BCUT2D eigenvalue weighted by atomic mass is 9.80. The summed E-state index contributed by atoms with van der Waals surface area (Å²) in [5, 5.41) is 13.8. The van der Waals surface area contributed by atoms with E-state index in [1.807, 2.05) is 0 Å². The molecular formula is C15H32N2O. The van der Waals surface area contributed by atoms with Crippen molar-refractivity contribution in [3.05, 3.63) is 0 Å². The molecule has 0 aromatic rings. The number of hydrogen-bond donors (Lipinski definition) is 2. The van der Waals surface area contributed by atoms with Gasteiger partial charge in [-0.05, 0) is 37.3 Å². The van der Waals surface area contributed by atoms with Gasteiger partial charge in [-0.1, -0.05) is 34.6 Å². The number of nitrogens with zero attached hydrogens (tertiary/aromatic N) is 1. The predicted molar refractivity (Wildman–Crippen MR) is 77.8 cm³/mol. The van der Waals surface area contributed by atoms with E-state index in [1.165, 1.54) is 6.42 Å². The summed E-state index contributed by atoms with van der Waals surface area (Å²) in [6.07, 6.45) is 1.95. The smallest absolute Gasteiger partial charge is 0.0591 e. The number of piperidine rings is 1. The molecule has 3 nitrogen and oxygen atoms in total. The molecule has 0 amide bonds. The maximum Gasteiger partial charge on any atom is 0.0591 e. The van der Waals surface area contributed by atoms with Crippen LogP contribution in [0.3, 0.4) is 0 Å². The first kappa shape index (κ1) is 15.9. The highest BCUT2D eigenvalue weighted by Crippen LogP contribution is 2.28. The van der Waals surface area contributed by atoms with Gasteiger partial charge >= 0.3 is 0 Å². The Bertz CT molecular complexity index is 237. The van der Waals surface area contributed by atoms with Crippen molar-refractivity contribution in [2.45, 2.75) is 59.6 Å². The van der Waals surface area contributed by atoms with Gasteiger partial charge in [0, 0.05) is 19.1 Å². The Morgan fingerprint density at radius 2 is 1.94 bits per heavy atom. The van der Waals surface area contributed by atoms with Crippen molar-refractivity contribution in [1.29, 1.82) is 0 Å². The Morgan fingerprint density at radius 1 is 1.28 bits per heavy atom. The molecule has 1 saturated heterocycles. The summed E-state index contributed by atoms with van der Waals surface area (Å²) in [5.41, 5.74) is 0.00216. The molecule has 1 fully saturated rings. The van der Waals surface area contributed by atoms with E-state index in [0.717, 1.165) is 32.6 Å². The van der Waals surface area contributed by atoms with Gasteiger partial charge in [0.05, 0.1) is 6.10 Å². The van der Waals surface area contributed by atoms with Crippen molar-refractivity contribution in [3.8, 4) is 0 Å². The van der Waals surface area contributed by atoms with Crippen LogP contribution in [-0.4, -0.2) is 48.3 Å². The third kappa shape index (κ3) is 4.87. The lowest BCUT2D eigenvalue weighted by Crippen LogP contribution is -2.50. The zero-order valence-corrected chi connectivity index (χ0v) is 12.9. The zero-order chi connectivity index (χ0) is 13.8. The second-order valence-corrected chi connectivity index (χ2v) is 6.83. The minimum Gasteiger partial charge on any atom is -0.393 e. The van der Waals surface area contributed by atoms with Crippen LogP contribution in [0.1, 0.15) is 47.5 Å². The van der Waals surface area contributed by atoms with Gasteiger partial charge in [0.25, 0.3) is 0 Å². The summed E-state index contributed by atoms with van der Waals surface area (Å²) in [4.78, 5) is 2.51. The Hall–Kier alpha value is -0.120. The maximum atomic E-state index is 10.3. The highest BCUT2D eigenvalue weighted by Gasteiger charge is 2.31. The fourth-order valence-corrected chi connectivity index (χ4v) is 2.84. The summed E-state index contributed by atoms with van der Waals surface area (Å²) in [6.45, 7) is 15.2. The van der Waals surface area contributed by atoms with Gasteiger partial charge in [-0.2, -0.15) is 0 Å². The van der Waals surface area contributed by atoms with E-state index < -0.39 is 0 Å². The van der Waals surface area contributed by atoms with Crippen LogP contribution in [0.25, 0.3) is 0 Å². The van der Waals surface area contributed by atoms with E-state index in [9.17, 15) is 5.11 Å². The van der Waals surface area contributed by atoms with Crippen LogP contribution in [0.15, 0.2) is 0 Å². The van der Waals surface area contributed by atoms with Gasteiger partial charge in [-0.15, -0.1) is 0 Å². The first-order chi connectivity index (χ1) is 8.36. The normalized spacial score (nSPS) is 28.3. The molecule has 1 aliphatic heterocycles. The monoisotopic (exact) mass is 256 g/mol. The second-order valence-electron chi connectivity index (χ2n) is 6.83. The first-order valence-corrected chi connectivity index (χ1v) is 7.50. The standard InChI is InChI=1S/C15H32N2O/c1-6-16-13-8-12(10-17(7-2)11-13)9-14(18)15(3,4)5/h12-14,16,18H,6-11H2,1-5H3. The molecule has 3 heteroatoms. The van der Waals surface area contributed by atoms with Crippen molar-refractivity contribution >= 4 is 0 Å². The summed E-state index contributed by atoms with van der Waals surface area (Å²) in [6, 6.07) is 0.598. The van der Waals surface area contributed by atoms with Crippen molar-refractivity contribution < 1.29 is 5.11 Å². The third-order valence-corrected chi connectivity index (χ3v) is 4.11. The maximum absolute atomic E-state index is 10.3. The molecule has 0 aromatic carbocycles. The molecule has 108 valence electrons. The molecule has 3 atom stereocenters. The molecule has 0 aliphatic carbocycles. The predicted octanol–water partition coefficient (Wildman–Crippen LogP) is 2.10. The molecular weight excluding hydrogens is 224 g/mol. The lowest BCUT2D eigenvalue weighted by Gasteiger charge is -2.39. The van der Waals surface area contributed by atoms with Crippen LogP contribution in [0.2, 0.25) is 0 Å². The lowest BCUT2D eigenvalue weighted by molar-refractivity contribution is 0.0229. The highest BCUT2D eigenvalue weighted by molar-refractivity contribution is 4.86. The van der Waals surface area contributed by atoms with Gasteiger partial charge in [0.2, 0.25) is 0 Å². The molecule has 0 aromatic heterocycles. The molecule has 1 aliphatic rings. The molecule has 2 N–H and O–H groups in total. The number of likely N-dealkylation sites (N-methyl/N-ethyl adjacent to an activating group) is 2. The van der Waals surface area contributed by atoms with Gasteiger partial charge in [-0.25, -0.2) is 0 Å². The summed E-state index contributed by atoms with van der Waals surface area (Å²) in [7, 11) is 0. The Labute approximate surface area is 113 Å². The van der Waals surface area contributed by atoms with Crippen molar-refractivity contribution in [3.63, 3.8) is 0 Å². The Kier molecular flexibility index (Phi) is 6.09. The number of hydrogen-bond acceptors (Lipinski definition) is 3. The second kappa shape index (κ2) is 6.88. The highest BCUT2D eigenvalue weighted by atomic mass is 16.3. The molecule has 18 heavy (non-hydrogen) atoms. The molecule has 0 spiro atoms. The van der Waals surface area contributed by atoms with Crippen LogP contribution < -0.4 is 5.32 Å². The zero-order valence-electron chi connectivity index (χ0n) is 12.9. The number of nitrogens with one attached hydrogen (secondary N) is 1.